The average molecular weight is 461 g/mol. The predicted octanol–water partition coefficient (Wildman–Crippen LogP) is 2.06. The summed E-state index contributed by atoms with van der Waals surface area (Å²) in [7, 11) is -0.662. The van der Waals surface area contributed by atoms with Gasteiger partial charge in [0.25, 0.3) is 0 Å². The molecule has 2 aromatic carbocycles. The molecule has 0 aliphatic carbocycles. The summed E-state index contributed by atoms with van der Waals surface area (Å²) in [5.74, 6) is 1.30. The van der Waals surface area contributed by atoms with E-state index in [-0.39, 0.29) is 6.61 Å². The summed E-state index contributed by atoms with van der Waals surface area (Å²) in [5.41, 5.74) is 4.06. The summed E-state index contributed by atoms with van der Waals surface area (Å²) >= 11 is 0. The molecule has 9 nitrogen and oxygen atoms in total. The van der Waals surface area contributed by atoms with Crippen molar-refractivity contribution < 1.29 is 22.1 Å². The molecule has 0 atom stereocenters. The summed E-state index contributed by atoms with van der Waals surface area (Å²) in [4.78, 5) is 9.40. The Labute approximate surface area is 187 Å². The van der Waals surface area contributed by atoms with Gasteiger partial charge in [-0.3, -0.25) is 9.08 Å². The maximum absolute atomic E-state index is 11.0. The zero-order chi connectivity index (χ0) is 22.9. The van der Waals surface area contributed by atoms with E-state index in [1.54, 1.807) is 14.2 Å². The second-order valence-corrected chi connectivity index (χ2v) is 9.07. The van der Waals surface area contributed by atoms with E-state index in [4.69, 9.17) is 19.6 Å². The van der Waals surface area contributed by atoms with Gasteiger partial charge in [-0.15, -0.1) is 0 Å². The van der Waals surface area contributed by atoms with E-state index in [0.29, 0.717) is 18.0 Å². The highest BCUT2D eigenvalue weighted by Gasteiger charge is 2.23. The van der Waals surface area contributed by atoms with Crippen molar-refractivity contribution in [2.24, 2.45) is 5.14 Å². The largest absolute Gasteiger partial charge is 0.493 e. The van der Waals surface area contributed by atoms with Gasteiger partial charge in [0.15, 0.2) is 11.5 Å². The molecule has 1 aliphatic heterocycles. The van der Waals surface area contributed by atoms with E-state index < -0.39 is 10.3 Å². The van der Waals surface area contributed by atoms with Crippen molar-refractivity contribution >= 4 is 37.8 Å². The normalized spacial score (nSPS) is 15.4. The van der Waals surface area contributed by atoms with E-state index in [1.165, 1.54) is 5.56 Å². The zero-order valence-electron chi connectivity index (χ0n) is 18.5. The molecule has 10 heteroatoms. The molecule has 4 rings (SSSR count). The van der Waals surface area contributed by atoms with Crippen molar-refractivity contribution in [3.8, 4) is 11.5 Å². The maximum atomic E-state index is 11.0. The predicted molar refractivity (Wildman–Crippen MR) is 125 cm³/mol. The maximum Gasteiger partial charge on any atom is 0.333 e. The van der Waals surface area contributed by atoms with Gasteiger partial charge in [0.1, 0.15) is 0 Å². The zero-order valence-corrected chi connectivity index (χ0v) is 19.3. The van der Waals surface area contributed by atoms with Crippen molar-refractivity contribution in [1.29, 1.82) is 0 Å². The van der Waals surface area contributed by atoms with Crippen LogP contribution in [0.25, 0.3) is 21.8 Å². The Morgan fingerprint density at radius 3 is 2.28 bits per heavy atom. The van der Waals surface area contributed by atoms with Gasteiger partial charge in [-0.05, 0) is 25.1 Å². The van der Waals surface area contributed by atoms with Gasteiger partial charge < -0.3 is 14.4 Å². The lowest BCUT2D eigenvalue weighted by Gasteiger charge is -2.37. The van der Waals surface area contributed by atoms with Crippen molar-refractivity contribution in [2.45, 2.75) is 6.92 Å². The van der Waals surface area contributed by atoms with Crippen LogP contribution in [0.15, 0.2) is 30.3 Å². The smallest absolute Gasteiger partial charge is 0.333 e. The van der Waals surface area contributed by atoms with Gasteiger partial charge in [0.2, 0.25) is 0 Å². The molecule has 3 aromatic rings. The lowest BCUT2D eigenvalue weighted by molar-refractivity contribution is 0.204. The van der Waals surface area contributed by atoms with Crippen LogP contribution in [-0.2, 0) is 14.5 Å². The summed E-state index contributed by atoms with van der Waals surface area (Å²) in [6.45, 7) is 5.75. The fraction of sp³-hybridized carbons (Fsp3) is 0.409. The van der Waals surface area contributed by atoms with E-state index >= 15 is 0 Å². The van der Waals surface area contributed by atoms with Gasteiger partial charge in [0, 0.05) is 49.6 Å². The number of fused-ring (bicyclic) bond motifs is 2. The molecule has 1 saturated heterocycles. The second kappa shape index (κ2) is 9.07. The molecular formula is C22H28N4O5S. The molecule has 2 N–H and O–H groups in total. The van der Waals surface area contributed by atoms with Crippen LogP contribution in [0.3, 0.4) is 0 Å². The van der Waals surface area contributed by atoms with Gasteiger partial charge in [-0.2, -0.15) is 8.42 Å². The van der Waals surface area contributed by atoms with Gasteiger partial charge in [0.05, 0.1) is 37.5 Å². The number of pyridine rings is 1. The number of nitrogens with two attached hydrogens (primary N) is 1. The fourth-order valence-electron chi connectivity index (χ4n) is 4.18. The molecule has 0 unspecified atom stereocenters. The molecule has 1 fully saturated rings. The number of hydrogen-bond donors (Lipinski definition) is 1. The van der Waals surface area contributed by atoms with Crippen LogP contribution >= 0.6 is 0 Å². The Bertz CT molecular complexity index is 1240. The third-order valence-corrected chi connectivity index (χ3v) is 6.24. The van der Waals surface area contributed by atoms with Crippen molar-refractivity contribution in [1.82, 2.24) is 9.88 Å². The van der Waals surface area contributed by atoms with Crippen molar-refractivity contribution in [2.75, 3.05) is 58.5 Å². The highest BCUT2D eigenvalue weighted by molar-refractivity contribution is 7.84. The van der Waals surface area contributed by atoms with E-state index in [9.17, 15) is 8.42 Å². The van der Waals surface area contributed by atoms with Crippen molar-refractivity contribution in [3.63, 3.8) is 0 Å². The minimum Gasteiger partial charge on any atom is -0.493 e. The quantitative estimate of drug-likeness (QED) is 0.534. The number of ether oxygens (including phenoxy) is 2. The Hall–Kier alpha value is -2.66. The van der Waals surface area contributed by atoms with Crippen LogP contribution in [-0.4, -0.2) is 71.9 Å². The number of aromatic nitrogens is 1. The standard InChI is InChI=1S/C22H28N4O5S/c1-15-4-5-18-16(12-15)22(17-13-20(29-2)21(30-3)14-19(17)24-18)26-8-6-25(7-9-26)10-11-31-32(23,27)28/h4-5,12-14H,6-11H2,1-3H3,(H2,23,27,28). The number of rotatable bonds is 7. The summed E-state index contributed by atoms with van der Waals surface area (Å²) in [5, 5.41) is 7.01. The van der Waals surface area contributed by atoms with E-state index in [2.05, 4.69) is 33.0 Å². The molecule has 0 amide bonds. The average Bonchev–Trinajstić information content (AvgIpc) is 2.76. The van der Waals surface area contributed by atoms with Crippen LogP contribution in [0, 0.1) is 6.92 Å². The molecule has 0 spiro atoms. The van der Waals surface area contributed by atoms with Crippen LogP contribution in [0.1, 0.15) is 5.56 Å². The number of nitrogens with zero attached hydrogens (tertiary/aromatic N) is 3. The summed E-state index contributed by atoms with van der Waals surface area (Å²) in [6.07, 6.45) is 0. The molecular weight excluding hydrogens is 432 g/mol. The number of methoxy groups -OCH3 is 2. The van der Waals surface area contributed by atoms with Crippen molar-refractivity contribution in [3.05, 3.63) is 35.9 Å². The Morgan fingerprint density at radius 1 is 0.969 bits per heavy atom. The third kappa shape index (κ3) is 4.73. The number of aryl methyl sites for hydroxylation is 1. The number of benzene rings is 2. The van der Waals surface area contributed by atoms with E-state index in [1.807, 2.05) is 18.2 Å². The Morgan fingerprint density at radius 2 is 1.62 bits per heavy atom. The monoisotopic (exact) mass is 460 g/mol. The first-order valence-electron chi connectivity index (χ1n) is 10.4. The fourth-order valence-corrected chi connectivity index (χ4v) is 4.49. The number of anilines is 1. The highest BCUT2D eigenvalue weighted by Crippen LogP contribution is 2.40. The molecule has 0 radical (unpaired) electrons. The van der Waals surface area contributed by atoms with Gasteiger partial charge >= 0.3 is 10.3 Å². The van der Waals surface area contributed by atoms with Gasteiger partial charge in [-0.25, -0.2) is 10.1 Å². The second-order valence-electron chi connectivity index (χ2n) is 7.85. The van der Waals surface area contributed by atoms with Gasteiger partial charge in [-0.1, -0.05) is 11.6 Å². The topological polar surface area (TPSA) is 107 Å². The Kier molecular flexibility index (Phi) is 6.38. The van der Waals surface area contributed by atoms with Crippen LogP contribution < -0.4 is 19.5 Å². The number of hydrogen-bond acceptors (Lipinski definition) is 8. The molecule has 172 valence electrons. The van der Waals surface area contributed by atoms with Crippen LogP contribution in [0.2, 0.25) is 0 Å². The Balaban J connectivity index is 1.69. The summed E-state index contributed by atoms with van der Waals surface area (Å²) < 4.78 is 37.7. The third-order valence-electron chi connectivity index (χ3n) is 5.75. The molecule has 0 saturated carbocycles. The minimum atomic E-state index is -3.91. The number of piperazine rings is 1. The molecule has 1 aromatic heterocycles. The molecule has 32 heavy (non-hydrogen) atoms. The lowest BCUT2D eigenvalue weighted by atomic mass is 10.0. The first-order chi connectivity index (χ1) is 15.3. The van der Waals surface area contributed by atoms with E-state index in [0.717, 1.165) is 53.7 Å². The minimum absolute atomic E-state index is 0.0517. The van der Waals surface area contributed by atoms with Crippen LogP contribution in [0.5, 0.6) is 11.5 Å². The summed E-state index contributed by atoms with van der Waals surface area (Å²) in [6, 6.07) is 10.2. The first kappa shape index (κ1) is 22.5. The molecule has 0 bridgehead atoms. The lowest BCUT2D eigenvalue weighted by Crippen LogP contribution is -2.47. The molecule has 2 heterocycles. The SMILES string of the molecule is COc1cc2nc3ccc(C)cc3c(N3CCN(CCOS(N)(=O)=O)CC3)c2cc1OC. The first-order valence-corrected chi connectivity index (χ1v) is 11.9. The highest BCUT2D eigenvalue weighted by atomic mass is 32.2. The molecule has 1 aliphatic rings. The van der Waals surface area contributed by atoms with Crippen LogP contribution in [0.4, 0.5) is 5.69 Å².